The molecule has 6 nitrogen and oxygen atoms in total. The number of hydrogen-bond donors (Lipinski definition) is 0. The van der Waals surface area contributed by atoms with Gasteiger partial charge < -0.3 is 4.74 Å². The van der Waals surface area contributed by atoms with Crippen molar-refractivity contribution in [1.29, 1.82) is 5.26 Å². The second-order valence-electron chi connectivity index (χ2n) is 3.44. The minimum absolute atomic E-state index is 0.0926. The maximum Gasteiger partial charge on any atom is 0.348 e. The first-order valence-corrected chi connectivity index (χ1v) is 5.88. The summed E-state index contributed by atoms with van der Waals surface area (Å²) in [4.78, 5) is 14.1. The highest BCUT2D eigenvalue weighted by Gasteiger charge is 2.23. The van der Waals surface area contributed by atoms with Gasteiger partial charge in [-0.3, -0.25) is 10.1 Å². The number of ether oxygens (including phenoxy) is 1. The minimum atomic E-state index is -0.682. The zero-order valence-corrected chi connectivity index (χ0v) is 11.0. The van der Waals surface area contributed by atoms with Gasteiger partial charge in [-0.2, -0.15) is 5.26 Å². The number of nitro groups is 1. The van der Waals surface area contributed by atoms with E-state index in [0.29, 0.717) is 5.75 Å². The smallest absolute Gasteiger partial charge is 0.348 e. The van der Waals surface area contributed by atoms with Crippen molar-refractivity contribution in [1.82, 2.24) is 4.98 Å². The van der Waals surface area contributed by atoms with Crippen molar-refractivity contribution in [2.45, 2.75) is 0 Å². The monoisotopic (exact) mass is 319 g/mol. The first-order chi connectivity index (χ1) is 9.11. The predicted octanol–water partition coefficient (Wildman–Crippen LogP) is 3.42. The maximum atomic E-state index is 11.0. The Hall–Kier alpha value is -2.46. The van der Waals surface area contributed by atoms with Crippen LogP contribution in [0, 0.1) is 21.4 Å². The van der Waals surface area contributed by atoms with Crippen molar-refractivity contribution in [3.8, 4) is 17.7 Å². The average molecular weight is 320 g/mol. The quantitative estimate of drug-likeness (QED) is 0.638. The topological polar surface area (TPSA) is 89.0 Å². The van der Waals surface area contributed by atoms with Gasteiger partial charge in [0.2, 0.25) is 0 Å². The zero-order chi connectivity index (χ0) is 13.8. The number of halogens is 1. The van der Waals surface area contributed by atoms with E-state index in [9.17, 15) is 10.1 Å². The normalized spacial score (nSPS) is 9.68. The standard InChI is InChI=1S/C12H6BrN3O3/c13-9-2-1-3-10(6-9)19-12-11(16(17)18)8(7-14)4-5-15-12/h1-6H. The van der Waals surface area contributed by atoms with Crippen LogP contribution in [-0.4, -0.2) is 9.91 Å². The van der Waals surface area contributed by atoms with Gasteiger partial charge in [0.05, 0.1) is 4.92 Å². The van der Waals surface area contributed by atoms with E-state index < -0.39 is 10.6 Å². The van der Waals surface area contributed by atoms with E-state index in [-0.39, 0.29) is 11.4 Å². The highest BCUT2D eigenvalue weighted by atomic mass is 79.9. The van der Waals surface area contributed by atoms with E-state index in [4.69, 9.17) is 10.00 Å². The molecule has 0 bridgehead atoms. The Morgan fingerprint density at radius 1 is 1.42 bits per heavy atom. The number of rotatable bonds is 3. The van der Waals surface area contributed by atoms with Gasteiger partial charge in [0.25, 0.3) is 0 Å². The summed E-state index contributed by atoms with van der Waals surface area (Å²) in [5.41, 5.74) is -0.532. The van der Waals surface area contributed by atoms with Crippen LogP contribution in [0.4, 0.5) is 5.69 Å². The Balaban J connectivity index is 2.46. The highest BCUT2D eigenvalue weighted by Crippen LogP contribution is 2.32. The molecule has 2 aromatic rings. The lowest BCUT2D eigenvalue weighted by molar-refractivity contribution is -0.386. The van der Waals surface area contributed by atoms with Crippen molar-refractivity contribution >= 4 is 21.6 Å². The summed E-state index contributed by atoms with van der Waals surface area (Å²) in [5.74, 6) is 0.183. The largest absolute Gasteiger partial charge is 0.434 e. The molecule has 1 heterocycles. The van der Waals surface area contributed by atoms with Crippen molar-refractivity contribution in [2.75, 3.05) is 0 Å². The van der Waals surface area contributed by atoms with Crippen LogP contribution in [0.5, 0.6) is 11.6 Å². The molecule has 0 N–H and O–H groups in total. The van der Waals surface area contributed by atoms with E-state index in [2.05, 4.69) is 20.9 Å². The fourth-order valence-corrected chi connectivity index (χ4v) is 1.80. The summed E-state index contributed by atoms with van der Waals surface area (Å²) >= 11 is 3.26. The molecule has 0 saturated heterocycles. The molecule has 0 atom stereocenters. The zero-order valence-electron chi connectivity index (χ0n) is 9.41. The molecule has 0 unspecified atom stereocenters. The van der Waals surface area contributed by atoms with Gasteiger partial charge in [-0.15, -0.1) is 0 Å². The van der Waals surface area contributed by atoms with E-state index in [1.165, 1.54) is 12.3 Å². The summed E-state index contributed by atoms with van der Waals surface area (Å²) in [6, 6.07) is 9.80. The molecule has 0 amide bonds. The van der Waals surface area contributed by atoms with Crippen LogP contribution in [0.25, 0.3) is 0 Å². The van der Waals surface area contributed by atoms with Crippen molar-refractivity contribution < 1.29 is 9.66 Å². The number of aromatic nitrogens is 1. The number of benzene rings is 1. The minimum Gasteiger partial charge on any atom is -0.434 e. The fourth-order valence-electron chi connectivity index (χ4n) is 1.42. The van der Waals surface area contributed by atoms with Gasteiger partial charge >= 0.3 is 11.6 Å². The van der Waals surface area contributed by atoms with Crippen molar-refractivity contribution in [3.05, 3.63) is 56.7 Å². The lowest BCUT2D eigenvalue weighted by atomic mass is 10.2. The third-order valence-electron chi connectivity index (χ3n) is 2.20. The molecular formula is C12H6BrN3O3. The van der Waals surface area contributed by atoms with Crippen molar-refractivity contribution in [3.63, 3.8) is 0 Å². The predicted molar refractivity (Wildman–Crippen MR) is 69.8 cm³/mol. The van der Waals surface area contributed by atoms with Crippen LogP contribution >= 0.6 is 15.9 Å². The van der Waals surface area contributed by atoms with Crippen LogP contribution in [0.1, 0.15) is 5.56 Å². The molecule has 0 spiro atoms. The number of nitrogens with zero attached hydrogens (tertiary/aromatic N) is 3. The van der Waals surface area contributed by atoms with Crippen LogP contribution in [-0.2, 0) is 0 Å². The number of nitriles is 1. The third-order valence-corrected chi connectivity index (χ3v) is 2.70. The Labute approximate surface area is 116 Å². The fraction of sp³-hybridized carbons (Fsp3) is 0. The second-order valence-corrected chi connectivity index (χ2v) is 4.36. The van der Waals surface area contributed by atoms with Crippen LogP contribution in [0.3, 0.4) is 0 Å². The Kier molecular flexibility index (Phi) is 3.73. The molecule has 0 radical (unpaired) electrons. The van der Waals surface area contributed by atoms with Gasteiger partial charge in [0.15, 0.2) is 0 Å². The highest BCUT2D eigenvalue weighted by molar-refractivity contribution is 9.10. The summed E-state index contributed by atoms with van der Waals surface area (Å²) in [6.45, 7) is 0. The van der Waals surface area contributed by atoms with Crippen molar-refractivity contribution in [2.24, 2.45) is 0 Å². The molecule has 0 aliphatic carbocycles. The molecule has 0 saturated carbocycles. The van der Waals surface area contributed by atoms with Gasteiger partial charge in [-0.05, 0) is 24.3 Å². The lowest BCUT2D eigenvalue weighted by Gasteiger charge is -2.05. The van der Waals surface area contributed by atoms with Crippen LogP contribution in [0.2, 0.25) is 0 Å². The summed E-state index contributed by atoms with van der Waals surface area (Å²) in [5, 5.41) is 19.8. The molecule has 0 aliphatic heterocycles. The van der Waals surface area contributed by atoms with Gasteiger partial charge in [0.1, 0.15) is 17.4 Å². The first kappa shape index (κ1) is 13.0. The molecule has 0 fully saturated rings. The van der Waals surface area contributed by atoms with Gasteiger partial charge in [-0.1, -0.05) is 22.0 Å². The molecule has 2 rings (SSSR count). The van der Waals surface area contributed by atoms with E-state index in [0.717, 1.165) is 4.47 Å². The second kappa shape index (κ2) is 5.46. The van der Waals surface area contributed by atoms with E-state index in [1.807, 2.05) is 0 Å². The number of pyridine rings is 1. The van der Waals surface area contributed by atoms with E-state index >= 15 is 0 Å². The SMILES string of the molecule is N#Cc1ccnc(Oc2cccc(Br)c2)c1[N+](=O)[O-]. The van der Waals surface area contributed by atoms with E-state index in [1.54, 1.807) is 30.3 Å². The Morgan fingerprint density at radius 2 is 2.21 bits per heavy atom. The summed E-state index contributed by atoms with van der Waals surface area (Å²) in [7, 11) is 0. The average Bonchev–Trinajstić information content (AvgIpc) is 2.38. The Bertz CT molecular complexity index is 682. The van der Waals surface area contributed by atoms with Gasteiger partial charge in [0, 0.05) is 10.7 Å². The molecule has 0 aliphatic rings. The lowest BCUT2D eigenvalue weighted by Crippen LogP contribution is -1.98. The first-order valence-electron chi connectivity index (χ1n) is 5.08. The van der Waals surface area contributed by atoms with Crippen LogP contribution in [0.15, 0.2) is 41.0 Å². The molecule has 19 heavy (non-hydrogen) atoms. The maximum absolute atomic E-state index is 11.0. The van der Waals surface area contributed by atoms with Crippen LogP contribution < -0.4 is 4.74 Å². The molecular weight excluding hydrogens is 314 g/mol. The summed E-state index contributed by atoms with van der Waals surface area (Å²) < 4.78 is 6.13. The van der Waals surface area contributed by atoms with Gasteiger partial charge in [-0.25, -0.2) is 4.98 Å². The molecule has 94 valence electrons. The molecule has 7 heteroatoms. The summed E-state index contributed by atoms with van der Waals surface area (Å²) in [6.07, 6.45) is 1.29. The number of hydrogen-bond acceptors (Lipinski definition) is 5. The molecule has 1 aromatic carbocycles. The molecule has 1 aromatic heterocycles. The third kappa shape index (κ3) is 2.86. The Morgan fingerprint density at radius 3 is 2.84 bits per heavy atom.